The highest BCUT2D eigenvalue weighted by Gasteiger charge is 2.30. The Bertz CT molecular complexity index is 1340. The van der Waals surface area contributed by atoms with Crippen molar-refractivity contribution in [2.75, 3.05) is 40.3 Å². The van der Waals surface area contributed by atoms with E-state index in [0.717, 1.165) is 17.7 Å². The van der Waals surface area contributed by atoms with Crippen molar-refractivity contribution in [3.05, 3.63) is 48.5 Å². The molecule has 1 aromatic carbocycles. The first-order valence-corrected chi connectivity index (χ1v) is 12.2. The maximum absolute atomic E-state index is 12.3. The first-order valence-electron chi connectivity index (χ1n) is 10.8. The average Bonchev–Trinajstić information content (AvgIpc) is 3.40. The SMILES string of the molecule is CN=C(N=C/C=C/c1c(-c2cccc(O)c2)nc2occn12)NCCN1CCCN(C)S1(=O)=O. The highest BCUT2D eigenvalue weighted by Crippen LogP contribution is 2.28. The fourth-order valence-electron chi connectivity index (χ4n) is 3.68. The molecule has 2 N–H and O–H groups in total. The van der Waals surface area contributed by atoms with Gasteiger partial charge in [-0.2, -0.15) is 22.0 Å². The van der Waals surface area contributed by atoms with Crippen LogP contribution in [0.3, 0.4) is 0 Å². The van der Waals surface area contributed by atoms with Crippen LogP contribution in [-0.4, -0.2) is 84.0 Å². The third-order valence-electron chi connectivity index (χ3n) is 5.41. The Kier molecular flexibility index (Phi) is 7.10. The molecule has 0 spiro atoms. The number of fused-ring (bicyclic) bond motifs is 1. The molecule has 34 heavy (non-hydrogen) atoms. The lowest BCUT2D eigenvalue weighted by Gasteiger charge is -2.32. The van der Waals surface area contributed by atoms with Crippen molar-refractivity contribution < 1.29 is 17.9 Å². The summed E-state index contributed by atoms with van der Waals surface area (Å²) in [7, 11) is -0.187. The van der Waals surface area contributed by atoms with E-state index in [2.05, 4.69) is 20.3 Å². The van der Waals surface area contributed by atoms with Crippen LogP contribution in [-0.2, 0) is 10.2 Å². The molecule has 1 aliphatic rings. The van der Waals surface area contributed by atoms with E-state index in [1.54, 1.807) is 61.4 Å². The van der Waals surface area contributed by atoms with Gasteiger partial charge in [0.2, 0.25) is 5.96 Å². The molecule has 0 bridgehead atoms. The van der Waals surface area contributed by atoms with Gasteiger partial charge in [0.25, 0.3) is 10.2 Å². The summed E-state index contributed by atoms with van der Waals surface area (Å²) in [5.74, 6) is 0.977. The van der Waals surface area contributed by atoms with Crippen LogP contribution in [0.15, 0.2) is 57.2 Å². The Labute approximate surface area is 197 Å². The molecule has 11 nitrogen and oxygen atoms in total. The first-order chi connectivity index (χ1) is 16.4. The maximum atomic E-state index is 12.3. The van der Waals surface area contributed by atoms with E-state index in [9.17, 15) is 13.5 Å². The minimum Gasteiger partial charge on any atom is -0.508 e. The highest BCUT2D eigenvalue weighted by atomic mass is 32.2. The third-order valence-corrected chi connectivity index (χ3v) is 7.40. The van der Waals surface area contributed by atoms with Gasteiger partial charge in [0.05, 0.1) is 5.69 Å². The van der Waals surface area contributed by atoms with Gasteiger partial charge in [-0.15, -0.1) is 0 Å². The molecule has 3 heterocycles. The normalized spacial score (nSPS) is 17.9. The molecule has 0 radical (unpaired) electrons. The van der Waals surface area contributed by atoms with E-state index < -0.39 is 10.2 Å². The summed E-state index contributed by atoms with van der Waals surface area (Å²) in [6.07, 6.45) is 9.29. The molecule has 1 aliphatic heterocycles. The molecule has 1 fully saturated rings. The Morgan fingerprint density at radius 2 is 2.21 bits per heavy atom. The molecular formula is C22H27N7O4S. The number of phenols is 1. The molecule has 0 saturated carbocycles. The molecule has 0 amide bonds. The van der Waals surface area contributed by atoms with Crippen molar-refractivity contribution in [2.24, 2.45) is 9.98 Å². The van der Waals surface area contributed by atoms with Crippen molar-refractivity contribution in [1.29, 1.82) is 0 Å². The molecule has 12 heteroatoms. The molecule has 180 valence electrons. The summed E-state index contributed by atoms with van der Waals surface area (Å²) in [5.41, 5.74) is 2.18. The number of phenolic OH excluding ortho intramolecular Hbond substituents is 1. The number of guanidine groups is 1. The molecule has 2 aromatic heterocycles. The minimum atomic E-state index is -3.39. The number of nitrogens with one attached hydrogen (secondary N) is 1. The average molecular weight is 486 g/mol. The van der Waals surface area contributed by atoms with Gasteiger partial charge in [0.1, 0.15) is 17.7 Å². The fourth-order valence-corrected chi connectivity index (χ4v) is 5.11. The largest absolute Gasteiger partial charge is 0.508 e. The molecule has 4 rings (SSSR count). The van der Waals surface area contributed by atoms with E-state index in [4.69, 9.17) is 4.42 Å². The molecule has 3 aromatic rings. The third kappa shape index (κ3) is 5.03. The number of nitrogens with zero attached hydrogens (tertiary/aromatic N) is 6. The number of imidazole rings is 1. The van der Waals surface area contributed by atoms with Gasteiger partial charge in [-0.05, 0) is 30.7 Å². The second kappa shape index (κ2) is 10.2. The molecule has 1 saturated heterocycles. The summed E-state index contributed by atoms with van der Waals surface area (Å²) >= 11 is 0. The zero-order valence-electron chi connectivity index (χ0n) is 19.0. The summed E-state index contributed by atoms with van der Waals surface area (Å²) in [6.45, 7) is 1.77. The quantitative estimate of drug-likeness (QED) is 0.405. The smallest absolute Gasteiger partial charge is 0.306 e. The predicted molar refractivity (Wildman–Crippen MR) is 131 cm³/mol. The molecular weight excluding hydrogens is 458 g/mol. The van der Waals surface area contributed by atoms with Crippen LogP contribution < -0.4 is 5.32 Å². The van der Waals surface area contributed by atoms with Crippen molar-refractivity contribution >= 4 is 34.3 Å². The van der Waals surface area contributed by atoms with Gasteiger partial charge in [0.15, 0.2) is 0 Å². The summed E-state index contributed by atoms with van der Waals surface area (Å²) in [6, 6.07) is 6.85. The van der Waals surface area contributed by atoms with Gasteiger partial charge >= 0.3 is 5.84 Å². The van der Waals surface area contributed by atoms with Crippen molar-refractivity contribution in [3.8, 4) is 17.0 Å². The number of hydrogen-bond acceptors (Lipinski definition) is 6. The Balaban J connectivity index is 1.42. The lowest BCUT2D eigenvalue weighted by atomic mass is 10.1. The Morgan fingerprint density at radius 3 is 3.00 bits per heavy atom. The van der Waals surface area contributed by atoms with Gasteiger partial charge in [-0.1, -0.05) is 12.1 Å². The zero-order chi connectivity index (χ0) is 24.1. The van der Waals surface area contributed by atoms with Crippen LogP contribution in [0, 0.1) is 0 Å². The summed E-state index contributed by atoms with van der Waals surface area (Å²) in [5, 5.41) is 12.9. The van der Waals surface area contributed by atoms with Crippen LogP contribution in [0.25, 0.3) is 23.2 Å². The number of hydrogen-bond donors (Lipinski definition) is 2. The van der Waals surface area contributed by atoms with Gasteiger partial charge in [0, 0.05) is 58.2 Å². The fraction of sp³-hybridized carbons (Fsp3) is 0.318. The number of aromatic nitrogens is 2. The summed E-state index contributed by atoms with van der Waals surface area (Å²) in [4.78, 5) is 12.9. The lowest BCUT2D eigenvalue weighted by Crippen LogP contribution is -2.49. The minimum absolute atomic E-state index is 0.150. The van der Waals surface area contributed by atoms with Crippen LogP contribution in [0.1, 0.15) is 12.1 Å². The second-order valence-corrected chi connectivity index (χ2v) is 9.68. The predicted octanol–water partition coefficient (Wildman–Crippen LogP) is 1.84. The number of benzene rings is 1. The number of oxazole rings is 1. The van der Waals surface area contributed by atoms with Crippen molar-refractivity contribution in [3.63, 3.8) is 0 Å². The van der Waals surface area contributed by atoms with E-state index >= 15 is 0 Å². The van der Waals surface area contributed by atoms with E-state index in [-0.39, 0.29) is 5.75 Å². The molecule has 0 atom stereocenters. The lowest BCUT2D eigenvalue weighted by molar-refractivity contribution is 0.309. The monoisotopic (exact) mass is 485 g/mol. The maximum Gasteiger partial charge on any atom is 0.306 e. The van der Waals surface area contributed by atoms with Gasteiger partial charge < -0.3 is 14.8 Å². The van der Waals surface area contributed by atoms with Crippen LogP contribution in [0.4, 0.5) is 0 Å². The Morgan fingerprint density at radius 1 is 1.35 bits per heavy atom. The van der Waals surface area contributed by atoms with Gasteiger partial charge in [-0.25, -0.2) is 4.99 Å². The molecule has 0 aliphatic carbocycles. The standard InChI is InChI=1S/C22H27N7O4S/c1-23-21(25-10-13-28-12-5-11-27(2)34(28,31)32)24-9-4-8-19-20(17-6-3-7-18(30)16-17)26-22-29(19)14-15-33-22/h3-4,6-9,14-16,30H,5,10-13H2,1-2H3,(H,23,25)/b8-4+,24-9?. The first kappa shape index (κ1) is 23.7. The number of aromatic hydroxyl groups is 1. The van der Waals surface area contributed by atoms with Crippen LogP contribution >= 0.6 is 0 Å². The van der Waals surface area contributed by atoms with E-state index in [1.807, 2.05) is 12.1 Å². The van der Waals surface area contributed by atoms with Crippen LogP contribution in [0.2, 0.25) is 0 Å². The Hall–Kier alpha value is -3.48. The van der Waals surface area contributed by atoms with Crippen LogP contribution in [0.5, 0.6) is 5.75 Å². The topological polar surface area (TPSA) is 128 Å². The zero-order valence-corrected chi connectivity index (χ0v) is 19.8. The van der Waals surface area contributed by atoms with E-state index in [0.29, 0.717) is 43.7 Å². The highest BCUT2D eigenvalue weighted by molar-refractivity contribution is 7.86. The number of rotatable bonds is 6. The van der Waals surface area contributed by atoms with Crippen molar-refractivity contribution in [1.82, 2.24) is 23.3 Å². The van der Waals surface area contributed by atoms with E-state index in [1.165, 1.54) is 8.61 Å². The molecule has 0 unspecified atom stereocenters. The number of allylic oxidation sites excluding steroid dienone is 1. The van der Waals surface area contributed by atoms with Crippen molar-refractivity contribution in [2.45, 2.75) is 6.42 Å². The number of aliphatic imine (C=N–C) groups is 2. The van der Waals surface area contributed by atoms with Gasteiger partial charge in [-0.3, -0.25) is 9.39 Å². The second-order valence-electron chi connectivity index (χ2n) is 7.64. The summed E-state index contributed by atoms with van der Waals surface area (Å²) < 4.78 is 34.7.